The Morgan fingerprint density at radius 2 is 1.54 bits per heavy atom. The molecule has 1 heterocycles. The van der Waals surface area contributed by atoms with Crippen LogP contribution in [-0.2, 0) is 29.3 Å². The molecule has 3 unspecified atom stereocenters. The lowest BCUT2D eigenvalue weighted by Gasteiger charge is -2.25. The molecule has 0 saturated carbocycles. The summed E-state index contributed by atoms with van der Waals surface area (Å²) in [5.41, 5.74) is 2.22. The molecule has 4 atom stereocenters. The van der Waals surface area contributed by atoms with Crippen LogP contribution in [0, 0.1) is 0 Å². The highest BCUT2D eigenvalue weighted by Gasteiger charge is 2.26. The third-order valence-electron chi connectivity index (χ3n) is 6.08. The Hall–Kier alpha value is -2.18. The minimum Gasteiger partial charge on any atom is -0.760 e. The minimum atomic E-state index is -2.56. The average Bonchev–Trinajstić information content (AvgIpc) is 2.84. The zero-order valence-electron chi connectivity index (χ0n) is 22.3. The molecule has 0 aliphatic rings. The van der Waals surface area contributed by atoms with Crippen LogP contribution in [0.2, 0.25) is 10.0 Å². The molecule has 2 aromatic carbocycles. The third-order valence-corrected chi connectivity index (χ3v) is 8.89. The normalized spacial score (nSPS) is 15.0. The number of pyridine rings is 1. The number of rotatable bonds is 9. The second kappa shape index (κ2) is 12.6. The first kappa shape index (κ1) is 31.3. The van der Waals surface area contributed by atoms with E-state index in [2.05, 4.69) is 9.44 Å². The van der Waals surface area contributed by atoms with E-state index < -0.39 is 39.1 Å². The number of hydrogen-bond donors (Lipinski definition) is 2. The van der Waals surface area contributed by atoms with Gasteiger partial charge in [-0.25, -0.2) is 13.7 Å². The number of ketones is 1. The first-order chi connectivity index (χ1) is 18.1. The first-order valence-electron chi connectivity index (χ1n) is 12.0. The van der Waals surface area contributed by atoms with Crippen LogP contribution < -0.4 is 15.0 Å². The Labute approximate surface area is 243 Å². The Bertz CT molecular complexity index is 1500. The summed E-state index contributed by atoms with van der Waals surface area (Å²) in [7, 11) is 0.136. The zero-order valence-corrected chi connectivity index (χ0v) is 25.5. The largest absolute Gasteiger partial charge is 0.760 e. The summed E-state index contributed by atoms with van der Waals surface area (Å²) < 4.78 is 41.9. The van der Waals surface area contributed by atoms with Gasteiger partial charge in [-0.1, -0.05) is 23.2 Å². The maximum atomic E-state index is 13.8. The smallest absolute Gasteiger partial charge is 0.250 e. The Morgan fingerprint density at radius 3 is 2.10 bits per heavy atom. The molecule has 0 bridgehead atoms. The standard InChI is InChI=1S/C27H31Cl2N3O5S2/c1-15(30-38(35)27(3,4)5)19-13-25(33)32(6)14-23(19)21-11-20(16(2)31-39(36)37)24(29)12-22(21)26(34)17-7-9-18(28)10-8-17/h7-16,30-31H,1-6H3,(H,36,37)/p-1/t15-,16?,38?/m0/s1. The zero-order chi connectivity index (χ0) is 29.2. The summed E-state index contributed by atoms with van der Waals surface area (Å²) >= 11 is 10.0. The number of nitrogens with one attached hydrogen (secondary N) is 2. The first-order valence-corrected chi connectivity index (χ1v) is 15.0. The molecule has 39 heavy (non-hydrogen) atoms. The SMILES string of the molecule is CC(NS(=O)[O-])c1cc(-c2cn(C)c(=O)cc2[C@H](C)NS(=O)C(C)(C)C)c(C(=O)c2ccc(Cl)cc2)cc1Cl. The van der Waals surface area contributed by atoms with Crippen molar-refractivity contribution in [1.29, 1.82) is 0 Å². The van der Waals surface area contributed by atoms with E-state index in [9.17, 15) is 22.6 Å². The van der Waals surface area contributed by atoms with Crippen molar-refractivity contribution in [3.63, 3.8) is 0 Å². The van der Waals surface area contributed by atoms with Gasteiger partial charge in [-0.3, -0.25) is 13.8 Å². The predicted molar refractivity (Wildman–Crippen MR) is 157 cm³/mol. The Kier molecular flexibility index (Phi) is 10.1. The Balaban J connectivity index is 2.31. The van der Waals surface area contributed by atoms with Gasteiger partial charge >= 0.3 is 0 Å². The lowest BCUT2D eigenvalue weighted by Crippen LogP contribution is -2.35. The van der Waals surface area contributed by atoms with Crippen LogP contribution in [-0.4, -0.2) is 28.1 Å². The molecular weight excluding hydrogens is 581 g/mol. The van der Waals surface area contributed by atoms with Gasteiger partial charge < -0.3 is 9.12 Å². The molecule has 0 fully saturated rings. The van der Waals surface area contributed by atoms with Crippen molar-refractivity contribution in [2.75, 3.05) is 0 Å². The van der Waals surface area contributed by atoms with E-state index in [0.29, 0.717) is 32.8 Å². The fourth-order valence-corrected chi connectivity index (χ4v) is 5.60. The Morgan fingerprint density at radius 1 is 0.949 bits per heavy atom. The van der Waals surface area contributed by atoms with Crippen LogP contribution in [0.25, 0.3) is 11.1 Å². The topological polar surface area (TPSA) is 120 Å². The number of hydrogen-bond acceptors (Lipinski definition) is 5. The second-order valence-corrected chi connectivity index (χ2v) is 13.7. The van der Waals surface area contributed by atoms with Crippen LogP contribution in [0.4, 0.5) is 0 Å². The maximum Gasteiger partial charge on any atom is 0.250 e. The second-order valence-electron chi connectivity index (χ2n) is 10.1. The fourth-order valence-electron chi connectivity index (χ4n) is 3.93. The summed E-state index contributed by atoms with van der Waals surface area (Å²) in [4.78, 5) is 26.5. The summed E-state index contributed by atoms with van der Waals surface area (Å²) in [6, 6.07) is 9.72. The third kappa shape index (κ3) is 7.52. The quantitative estimate of drug-likeness (QED) is 0.256. The summed E-state index contributed by atoms with van der Waals surface area (Å²) in [6.07, 6.45) is 1.60. The molecule has 12 heteroatoms. The fraction of sp³-hybridized carbons (Fsp3) is 0.333. The van der Waals surface area contributed by atoms with Gasteiger partial charge in [0.15, 0.2) is 5.78 Å². The van der Waals surface area contributed by atoms with Crippen molar-refractivity contribution in [2.24, 2.45) is 7.05 Å². The molecule has 2 N–H and O–H groups in total. The van der Waals surface area contributed by atoms with Crippen molar-refractivity contribution in [3.05, 3.63) is 91.3 Å². The van der Waals surface area contributed by atoms with E-state index in [1.807, 2.05) is 20.8 Å². The summed E-state index contributed by atoms with van der Waals surface area (Å²) in [6.45, 7) is 8.90. The highest BCUT2D eigenvalue weighted by atomic mass is 35.5. The van der Waals surface area contributed by atoms with Crippen molar-refractivity contribution < 1.29 is 17.8 Å². The van der Waals surface area contributed by atoms with Gasteiger partial charge in [0.25, 0.3) is 5.56 Å². The molecule has 0 saturated heterocycles. The maximum absolute atomic E-state index is 13.8. The highest BCUT2D eigenvalue weighted by molar-refractivity contribution is 7.84. The van der Waals surface area contributed by atoms with E-state index in [1.165, 1.54) is 16.7 Å². The van der Waals surface area contributed by atoms with Crippen molar-refractivity contribution in [2.45, 2.75) is 51.4 Å². The van der Waals surface area contributed by atoms with Crippen LogP contribution in [0.5, 0.6) is 0 Å². The highest BCUT2D eigenvalue weighted by Crippen LogP contribution is 2.37. The number of benzene rings is 2. The lowest BCUT2D eigenvalue weighted by atomic mass is 9.88. The van der Waals surface area contributed by atoms with Gasteiger partial charge in [-0.2, -0.15) is 0 Å². The van der Waals surface area contributed by atoms with Gasteiger partial charge in [-0.05, 0) is 87.7 Å². The molecular formula is C27H30Cl2N3O5S2-. The van der Waals surface area contributed by atoms with Crippen LogP contribution in [0.1, 0.15) is 73.8 Å². The van der Waals surface area contributed by atoms with Crippen molar-refractivity contribution in [3.8, 4) is 11.1 Å². The molecule has 1 aromatic heterocycles. The van der Waals surface area contributed by atoms with Crippen molar-refractivity contribution >= 4 is 51.2 Å². The van der Waals surface area contributed by atoms with Crippen LogP contribution >= 0.6 is 23.2 Å². The monoisotopic (exact) mass is 610 g/mol. The molecule has 0 amide bonds. The van der Waals surface area contributed by atoms with Crippen LogP contribution in [0.15, 0.2) is 53.5 Å². The number of aromatic nitrogens is 1. The van der Waals surface area contributed by atoms with Gasteiger partial charge in [0.05, 0.1) is 15.7 Å². The van der Waals surface area contributed by atoms with Gasteiger partial charge in [0.2, 0.25) is 0 Å². The lowest BCUT2D eigenvalue weighted by molar-refractivity contribution is 0.103. The van der Waals surface area contributed by atoms with E-state index in [1.54, 1.807) is 57.4 Å². The number of halogens is 2. The predicted octanol–water partition coefficient (Wildman–Crippen LogP) is 5.15. The number of aryl methyl sites for hydroxylation is 1. The van der Waals surface area contributed by atoms with E-state index >= 15 is 0 Å². The number of carbonyl (C=O) groups excluding carboxylic acids is 1. The van der Waals surface area contributed by atoms with E-state index in [-0.39, 0.29) is 21.9 Å². The molecule has 0 radical (unpaired) electrons. The number of carbonyl (C=O) groups is 1. The molecule has 8 nitrogen and oxygen atoms in total. The van der Waals surface area contributed by atoms with Gasteiger partial charge in [0, 0.05) is 69.4 Å². The van der Waals surface area contributed by atoms with Crippen LogP contribution in [0.3, 0.4) is 0 Å². The van der Waals surface area contributed by atoms with E-state index in [4.69, 9.17) is 23.2 Å². The summed E-state index contributed by atoms with van der Waals surface area (Å²) in [5.74, 6) is -0.346. The minimum absolute atomic E-state index is 0.188. The van der Waals surface area contributed by atoms with Crippen molar-refractivity contribution in [1.82, 2.24) is 14.0 Å². The molecule has 0 spiro atoms. The molecule has 0 aliphatic heterocycles. The van der Waals surface area contributed by atoms with Gasteiger partial charge in [0.1, 0.15) is 0 Å². The molecule has 3 aromatic rings. The number of nitrogens with zero attached hydrogens (tertiary/aromatic N) is 1. The average molecular weight is 612 g/mol. The summed E-state index contributed by atoms with van der Waals surface area (Å²) in [5, 5.41) is 0.658. The molecule has 210 valence electrons. The van der Waals surface area contributed by atoms with E-state index in [0.717, 1.165) is 0 Å². The molecule has 3 rings (SSSR count). The van der Waals surface area contributed by atoms with Gasteiger partial charge in [-0.15, -0.1) is 0 Å². The molecule has 0 aliphatic carbocycles.